The third kappa shape index (κ3) is 3.97. The standard InChI is InChI=1S/C22H24N2O6S/c1-3-4-11-30-19-10-8-16(29-2)13-18(19)23-21(25)14-5-9-17-20(12-14)31(27,28)24(22(17)26)15-6-7-15/h5,8-10,12-13,15H,3-4,6-7,11H2,1-2H3,(H,23,25). The minimum Gasteiger partial charge on any atom is -0.497 e. The second-order valence-electron chi connectivity index (χ2n) is 7.57. The Hall–Kier alpha value is -3.07. The van der Waals surface area contributed by atoms with Crippen LogP contribution in [0.3, 0.4) is 0 Å². The van der Waals surface area contributed by atoms with E-state index in [9.17, 15) is 18.0 Å². The van der Waals surface area contributed by atoms with Crippen molar-refractivity contribution < 1.29 is 27.5 Å². The number of nitrogens with zero attached hydrogens (tertiary/aromatic N) is 1. The lowest BCUT2D eigenvalue weighted by atomic mass is 10.1. The quantitative estimate of drug-likeness (QED) is 0.626. The van der Waals surface area contributed by atoms with Crippen LogP contribution in [-0.2, 0) is 10.0 Å². The van der Waals surface area contributed by atoms with E-state index in [1.54, 1.807) is 18.2 Å². The number of benzene rings is 2. The molecule has 0 atom stereocenters. The van der Waals surface area contributed by atoms with Crippen LogP contribution in [0.25, 0.3) is 0 Å². The molecule has 4 rings (SSSR count). The summed E-state index contributed by atoms with van der Waals surface area (Å²) in [6.07, 6.45) is 3.18. The van der Waals surface area contributed by atoms with Crippen LogP contribution in [0, 0.1) is 0 Å². The SMILES string of the molecule is CCCCOc1ccc(OC)cc1NC(=O)c1ccc2c(c1)S(=O)(=O)N(C1CC1)C2=O. The number of fused-ring (bicyclic) bond motifs is 1. The largest absolute Gasteiger partial charge is 0.497 e. The second-order valence-corrected chi connectivity index (χ2v) is 9.35. The summed E-state index contributed by atoms with van der Waals surface area (Å²) in [5.74, 6) is -0.000378. The third-order valence-electron chi connectivity index (χ3n) is 5.28. The molecule has 2 aromatic rings. The first-order valence-corrected chi connectivity index (χ1v) is 11.7. The van der Waals surface area contributed by atoms with Crippen molar-refractivity contribution in [2.45, 2.75) is 43.5 Å². The van der Waals surface area contributed by atoms with Crippen LogP contribution in [0.1, 0.15) is 53.3 Å². The van der Waals surface area contributed by atoms with Gasteiger partial charge in [-0.25, -0.2) is 12.7 Å². The zero-order valence-corrected chi connectivity index (χ0v) is 18.2. The first-order valence-electron chi connectivity index (χ1n) is 10.2. The average molecular weight is 445 g/mol. The van der Waals surface area contributed by atoms with Crippen molar-refractivity contribution >= 4 is 27.5 Å². The van der Waals surface area contributed by atoms with E-state index in [2.05, 4.69) is 12.2 Å². The third-order valence-corrected chi connectivity index (χ3v) is 7.16. The number of carbonyl (C=O) groups is 2. The molecule has 1 heterocycles. The van der Waals surface area contributed by atoms with Gasteiger partial charge in [-0.15, -0.1) is 0 Å². The number of unbranched alkanes of at least 4 members (excludes halogenated alkanes) is 1. The molecule has 0 spiro atoms. The first kappa shape index (κ1) is 21.2. The first-order chi connectivity index (χ1) is 14.9. The summed E-state index contributed by atoms with van der Waals surface area (Å²) >= 11 is 0. The number of nitrogens with one attached hydrogen (secondary N) is 1. The number of rotatable bonds is 8. The minimum atomic E-state index is -3.94. The average Bonchev–Trinajstić information content (AvgIpc) is 3.56. The Morgan fingerprint density at radius 2 is 1.97 bits per heavy atom. The normalized spacial score (nSPS) is 16.7. The van der Waals surface area contributed by atoms with Crippen LogP contribution >= 0.6 is 0 Å². The van der Waals surface area contributed by atoms with Crippen molar-refractivity contribution in [2.24, 2.45) is 0 Å². The smallest absolute Gasteiger partial charge is 0.269 e. The zero-order valence-electron chi connectivity index (χ0n) is 17.4. The molecular formula is C22H24N2O6S. The van der Waals surface area contributed by atoms with Crippen molar-refractivity contribution in [3.63, 3.8) is 0 Å². The minimum absolute atomic E-state index is 0.105. The highest BCUT2D eigenvalue weighted by Gasteiger charge is 2.48. The molecule has 1 aliphatic carbocycles. The molecule has 0 aromatic heterocycles. The van der Waals surface area contributed by atoms with E-state index in [4.69, 9.17) is 9.47 Å². The zero-order chi connectivity index (χ0) is 22.2. The molecule has 1 aliphatic heterocycles. The molecule has 2 amide bonds. The lowest BCUT2D eigenvalue weighted by Gasteiger charge is -2.14. The van der Waals surface area contributed by atoms with Crippen LogP contribution in [-0.4, -0.2) is 44.3 Å². The second kappa shape index (κ2) is 8.22. The van der Waals surface area contributed by atoms with Gasteiger partial charge in [-0.2, -0.15) is 0 Å². The Balaban J connectivity index is 1.61. The molecule has 2 aromatic carbocycles. The van der Waals surface area contributed by atoms with E-state index in [1.165, 1.54) is 25.3 Å². The van der Waals surface area contributed by atoms with Crippen molar-refractivity contribution in [3.8, 4) is 11.5 Å². The molecule has 0 bridgehead atoms. The van der Waals surface area contributed by atoms with Crippen molar-refractivity contribution in [1.29, 1.82) is 0 Å². The molecule has 1 fully saturated rings. The maximum absolute atomic E-state index is 12.9. The molecule has 1 N–H and O–H groups in total. The summed E-state index contributed by atoms with van der Waals surface area (Å²) in [6, 6.07) is 8.92. The Morgan fingerprint density at radius 1 is 1.19 bits per heavy atom. The molecule has 164 valence electrons. The highest BCUT2D eigenvalue weighted by atomic mass is 32.2. The van der Waals surface area contributed by atoms with Crippen LogP contribution in [0.15, 0.2) is 41.3 Å². The predicted molar refractivity (Wildman–Crippen MR) is 114 cm³/mol. The molecule has 9 heteroatoms. The summed E-state index contributed by atoms with van der Waals surface area (Å²) in [6.45, 7) is 2.55. The molecule has 0 radical (unpaired) electrons. The van der Waals surface area contributed by atoms with Gasteiger partial charge in [-0.3, -0.25) is 9.59 Å². The number of carbonyl (C=O) groups excluding carboxylic acids is 2. The number of hydrogen-bond acceptors (Lipinski definition) is 6. The maximum atomic E-state index is 12.9. The van der Waals surface area contributed by atoms with Crippen LogP contribution in [0.4, 0.5) is 5.69 Å². The molecule has 0 unspecified atom stereocenters. The fourth-order valence-corrected chi connectivity index (χ4v) is 5.28. The highest BCUT2D eigenvalue weighted by Crippen LogP contribution is 2.40. The van der Waals surface area contributed by atoms with Gasteiger partial charge in [-0.05, 0) is 49.6 Å². The van der Waals surface area contributed by atoms with Gasteiger partial charge in [0, 0.05) is 17.7 Å². The summed E-state index contributed by atoms with van der Waals surface area (Å²) in [4.78, 5) is 25.3. The van der Waals surface area contributed by atoms with Gasteiger partial charge in [0.25, 0.3) is 21.8 Å². The molecule has 2 aliphatic rings. The van der Waals surface area contributed by atoms with E-state index < -0.39 is 21.8 Å². The Kier molecular flexibility index (Phi) is 5.62. The number of hydrogen-bond donors (Lipinski definition) is 1. The predicted octanol–water partition coefficient (Wildman–Crippen LogP) is 3.43. The van der Waals surface area contributed by atoms with E-state index in [-0.39, 0.29) is 22.1 Å². The summed E-state index contributed by atoms with van der Waals surface area (Å²) in [5, 5.41) is 2.77. The monoisotopic (exact) mass is 444 g/mol. The molecule has 0 saturated heterocycles. The number of sulfonamides is 1. The number of amides is 2. The van der Waals surface area contributed by atoms with E-state index in [0.717, 1.165) is 17.1 Å². The highest BCUT2D eigenvalue weighted by molar-refractivity contribution is 7.90. The number of methoxy groups -OCH3 is 1. The lowest BCUT2D eigenvalue weighted by Crippen LogP contribution is -2.31. The van der Waals surface area contributed by atoms with E-state index >= 15 is 0 Å². The van der Waals surface area contributed by atoms with Crippen LogP contribution in [0.2, 0.25) is 0 Å². The number of ether oxygens (including phenoxy) is 2. The fourth-order valence-electron chi connectivity index (χ4n) is 3.44. The van der Waals surface area contributed by atoms with Gasteiger partial charge < -0.3 is 14.8 Å². The molecule has 1 saturated carbocycles. The number of anilines is 1. The summed E-state index contributed by atoms with van der Waals surface area (Å²) in [7, 11) is -2.42. The van der Waals surface area contributed by atoms with Gasteiger partial charge in [0.15, 0.2) is 0 Å². The molecular weight excluding hydrogens is 420 g/mol. The Bertz CT molecular complexity index is 1140. The maximum Gasteiger partial charge on any atom is 0.269 e. The molecule has 8 nitrogen and oxygen atoms in total. The summed E-state index contributed by atoms with van der Waals surface area (Å²) in [5.41, 5.74) is 0.656. The van der Waals surface area contributed by atoms with Gasteiger partial charge >= 0.3 is 0 Å². The van der Waals surface area contributed by atoms with Crippen molar-refractivity contribution in [1.82, 2.24) is 4.31 Å². The van der Waals surface area contributed by atoms with Crippen molar-refractivity contribution in [3.05, 3.63) is 47.5 Å². The summed E-state index contributed by atoms with van der Waals surface area (Å²) < 4.78 is 37.6. The van der Waals surface area contributed by atoms with Gasteiger partial charge in [0.05, 0.1) is 25.0 Å². The van der Waals surface area contributed by atoms with Gasteiger partial charge in [0.1, 0.15) is 16.4 Å². The van der Waals surface area contributed by atoms with E-state index in [1.807, 2.05) is 0 Å². The van der Waals surface area contributed by atoms with Crippen LogP contribution in [0.5, 0.6) is 11.5 Å². The molecule has 31 heavy (non-hydrogen) atoms. The van der Waals surface area contributed by atoms with E-state index in [0.29, 0.717) is 36.6 Å². The fraction of sp³-hybridized carbons (Fsp3) is 0.364. The van der Waals surface area contributed by atoms with Crippen molar-refractivity contribution in [2.75, 3.05) is 19.0 Å². The lowest BCUT2D eigenvalue weighted by molar-refractivity contribution is 0.0864. The Morgan fingerprint density at radius 3 is 2.65 bits per heavy atom. The van der Waals surface area contributed by atoms with Gasteiger partial charge in [0.2, 0.25) is 0 Å². The Labute approximate surface area is 181 Å². The topological polar surface area (TPSA) is 102 Å². The van der Waals surface area contributed by atoms with Crippen LogP contribution < -0.4 is 14.8 Å². The van der Waals surface area contributed by atoms with Gasteiger partial charge in [-0.1, -0.05) is 13.3 Å².